The number of nitrogens with zero attached hydrogens (tertiary/aromatic N) is 1. The zero-order chi connectivity index (χ0) is 14.7. The number of hydrogen-bond donors (Lipinski definition) is 2. The van der Waals surface area contributed by atoms with Crippen molar-refractivity contribution in [2.75, 3.05) is 6.61 Å². The van der Waals surface area contributed by atoms with Gasteiger partial charge < -0.3 is 4.74 Å². The van der Waals surface area contributed by atoms with Crippen molar-refractivity contribution in [3.8, 4) is 0 Å². The third-order valence-corrected chi connectivity index (χ3v) is 1.87. The lowest BCUT2D eigenvalue weighted by Gasteiger charge is -2.04. The topological polar surface area (TPSA) is 96.9 Å². The number of carbonyl (C=O) groups excluding carboxylic acids is 3. The Kier molecular flexibility index (Phi) is 8.68. The molecule has 0 heterocycles. The summed E-state index contributed by atoms with van der Waals surface area (Å²) >= 11 is 0. The molecular formula is C12H19N3O4. The first-order valence-corrected chi connectivity index (χ1v) is 5.95. The van der Waals surface area contributed by atoms with Gasteiger partial charge in [-0.05, 0) is 26.3 Å². The summed E-state index contributed by atoms with van der Waals surface area (Å²) in [5.41, 5.74) is 4.62. The third kappa shape index (κ3) is 9.51. The number of urea groups is 1. The van der Waals surface area contributed by atoms with Crippen LogP contribution in [0.25, 0.3) is 0 Å². The van der Waals surface area contributed by atoms with Gasteiger partial charge >= 0.3 is 12.1 Å². The van der Waals surface area contributed by atoms with Crippen molar-refractivity contribution in [3.05, 3.63) is 12.2 Å². The highest BCUT2D eigenvalue weighted by atomic mass is 16.6. The standard InChI is InChI=1S/C12H19N3O4/c1-4-10(8-6-7-9(3)16)13-11(17)14-15-12(18)19-5-2/h6,8H,4-5,7H2,1-3H3,(H,14,17)(H,15,18)/b8-6-,13-10?. The van der Waals surface area contributed by atoms with Gasteiger partial charge in [-0.1, -0.05) is 13.0 Å². The number of Topliss-reactive ketones (excluding diaryl/α,β-unsaturated/α-hetero) is 1. The molecule has 7 heteroatoms. The van der Waals surface area contributed by atoms with Crippen LogP contribution >= 0.6 is 0 Å². The highest BCUT2D eigenvalue weighted by Gasteiger charge is 2.03. The molecule has 0 aliphatic rings. The van der Waals surface area contributed by atoms with Crippen LogP contribution in [0, 0.1) is 0 Å². The van der Waals surface area contributed by atoms with E-state index in [2.05, 4.69) is 15.2 Å². The lowest BCUT2D eigenvalue weighted by Crippen LogP contribution is -2.40. The highest BCUT2D eigenvalue weighted by molar-refractivity contribution is 6.02. The van der Waals surface area contributed by atoms with Crippen LogP contribution in [-0.2, 0) is 9.53 Å². The smallest absolute Gasteiger partial charge is 0.426 e. The molecular weight excluding hydrogens is 250 g/mol. The van der Waals surface area contributed by atoms with Gasteiger partial charge in [-0.2, -0.15) is 4.99 Å². The molecule has 0 aromatic carbocycles. The van der Waals surface area contributed by atoms with Gasteiger partial charge in [0.15, 0.2) is 0 Å². The summed E-state index contributed by atoms with van der Waals surface area (Å²) in [6, 6.07) is -0.711. The van der Waals surface area contributed by atoms with Crippen LogP contribution in [0.15, 0.2) is 17.1 Å². The molecule has 0 fully saturated rings. The van der Waals surface area contributed by atoms with E-state index < -0.39 is 12.1 Å². The molecule has 3 amide bonds. The molecule has 0 saturated carbocycles. The summed E-state index contributed by atoms with van der Waals surface area (Å²) in [6.45, 7) is 5.15. The fourth-order valence-corrected chi connectivity index (χ4v) is 1.03. The number of amides is 3. The van der Waals surface area contributed by atoms with Crippen LogP contribution in [0.3, 0.4) is 0 Å². The van der Waals surface area contributed by atoms with Crippen molar-refractivity contribution >= 4 is 23.6 Å². The zero-order valence-corrected chi connectivity index (χ0v) is 11.4. The van der Waals surface area contributed by atoms with Crippen LogP contribution in [0.5, 0.6) is 0 Å². The highest BCUT2D eigenvalue weighted by Crippen LogP contribution is 1.93. The number of ether oxygens (including phenoxy) is 1. The van der Waals surface area contributed by atoms with Crippen LogP contribution in [-0.4, -0.2) is 30.2 Å². The Morgan fingerprint density at radius 3 is 2.42 bits per heavy atom. The second kappa shape index (κ2) is 9.81. The third-order valence-electron chi connectivity index (χ3n) is 1.87. The van der Waals surface area contributed by atoms with Crippen LogP contribution in [0.2, 0.25) is 0 Å². The molecule has 0 aromatic rings. The number of aliphatic imine (C=N–C) groups is 1. The van der Waals surface area contributed by atoms with Gasteiger partial charge in [-0.3, -0.25) is 4.79 Å². The van der Waals surface area contributed by atoms with E-state index in [1.54, 1.807) is 19.1 Å². The summed E-state index contributed by atoms with van der Waals surface area (Å²) in [4.78, 5) is 36.7. The molecule has 0 radical (unpaired) electrons. The summed E-state index contributed by atoms with van der Waals surface area (Å²) < 4.78 is 4.55. The maximum absolute atomic E-state index is 11.3. The normalized spacial score (nSPS) is 11.2. The molecule has 0 aliphatic carbocycles. The first-order chi connectivity index (χ1) is 8.99. The quantitative estimate of drug-likeness (QED) is 0.587. The molecule has 0 atom stereocenters. The number of ketones is 1. The maximum atomic E-state index is 11.3. The minimum atomic E-state index is -0.753. The van der Waals surface area contributed by atoms with Gasteiger partial charge in [0.1, 0.15) is 5.78 Å². The Bertz CT molecular complexity index is 388. The van der Waals surface area contributed by atoms with Gasteiger partial charge in [-0.25, -0.2) is 20.4 Å². The second-order valence-electron chi connectivity index (χ2n) is 3.54. The fourth-order valence-electron chi connectivity index (χ4n) is 1.03. The summed E-state index contributed by atoms with van der Waals surface area (Å²) in [6.07, 6.45) is 3.31. The van der Waals surface area contributed by atoms with Gasteiger partial charge in [0.05, 0.1) is 6.61 Å². The largest absolute Gasteiger partial charge is 0.449 e. The number of hydrogen-bond acceptors (Lipinski definition) is 4. The van der Waals surface area contributed by atoms with E-state index in [1.807, 2.05) is 12.3 Å². The van der Waals surface area contributed by atoms with Crippen LogP contribution < -0.4 is 10.9 Å². The predicted octanol–water partition coefficient (Wildman–Crippen LogP) is 1.74. The van der Waals surface area contributed by atoms with E-state index in [4.69, 9.17) is 0 Å². The van der Waals surface area contributed by atoms with Crippen molar-refractivity contribution in [2.45, 2.75) is 33.6 Å². The predicted molar refractivity (Wildman–Crippen MR) is 70.9 cm³/mol. The van der Waals surface area contributed by atoms with Gasteiger partial charge in [0.2, 0.25) is 0 Å². The maximum Gasteiger partial charge on any atom is 0.426 e. The van der Waals surface area contributed by atoms with Crippen molar-refractivity contribution < 1.29 is 19.1 Å². The Balaban J connectivity index is 4.28. The monoisotopic (exact) mass is 269 g/mol. The van der Waals surface area contributed by atoms with E-state index in [9.17, 15) is 14.4 Å². The van der Waals surface area contributed by atoms with Crippen molar-refractivity contribution in [2.24, 2.45) is 4.99 Å². The minimum Gasteiger partial charge on any atom is -0.449 e. The van der Waals surface area contributed by atoms with Gasteiger partial charge in [-0.15, -0.1) is 0 Å². The number of carbonyl (C=O) groups is 3. The van der Waals surface area contributed by atoms with Crippen LogP contribution in [0.4, 0.5) is 9.59 Å². The Morgan fingerprint density at radius 1 is 1.21 bits per heavy atom. The SMILES string of the molecule is CCOC(=O)NNC(=O)N=C(/C=C\CC(C)=O)CC. The number of allylic oxidation sites excluding steroid dienone is 2. The summed E-state index contributed by atoms with van der Waals surface area (Å²) in [5, 5.41) is 0. The van der Waals surface area contributed by atoms with Gasteiger partial charge in [0.25, 0.3) is 0 Å². The van der Waals surface area contributed by atoms with Crippen molar-refractivity contribution in [1.82, 2.24) is 10.9 Å². The number of hydrazine groups is 1. The average Bonchev–Trinajstić information content (AvgIpc) is 2.35. The van der Waals surface area contributed by atoms with E-state index >= 15 is 0 Å². The molecule has 0 bridgehead atoms. The Hall–Kier alpha value is -2.18. The van der Waals surface area contributed by atoms with Crippen molar-refractivity contribution in [3.63, 3.8) is 0 Å². The minimum absolute atomic E-state index is 0.0279. The Labute approximate surface area is 112 Å². The first-order valence-electron chi connectivity index (χ1n) is 5.95. The van der Waals surface area contributed by atoms with E-state index in [0.29, 0.717) is 18.6 Å². The average molecular weight is 269 g/mol. The molecule has 0 rings (SSSR count). The lowest BCUT2D eigenvalue weighted by molar-refractivity contribution is -0.116. The molecule has 0 aliphatic heterocycles. The summed E-state index contributed by atoms with van der Waals surface area (Å²) in [5.74, 6) is 0.0279. The lowest BCUT2D eigenvalue weighted by atomic mass is 10.2. The molecule has 106 valence electrons. The zero-order valence-electron chi connectivity index (χ0n) is 11.4. The Morgan fingerprint density at radius 2 is 1.89 bits per heavy atom. The second-order valence-corrected chi connectivity index (χ2v) is 3.54. The summed E-state index contributed by atoms with van der Waals surface area (Å²) in [7, 11) is 0. The van der Waals surface area contributed by atoms with E-state index in [0.717, 1.165) is 0 Å². The van der Waals surface area contributed by atoms with E-state index in [-0.39, 0.29) is 12.4 Å². The molecule has 2 N–H and O–H groups in total. The van der Waals surface area contributed by atoms with E-state index in [1.165, 1.54) is 6.92 Å². The number of nitrogens with one attached hydrogen (secondary N) is 2. The molecule has 7 nitrogen and oxygen atoms in total. The first kappa shape index (κ1) is 16.8. The molecule has 0 spiro atoms. The molecule has 19 heavy (non-hydrogen) atoms. The van der Waals surface area contributed by atoms with Crippen molar-refractivity contribution in [1.29, 1.82) is 0 Å². The molecule has 0 unspecified atom stereocenters. The number of rotatable bonds is 5. The molecule has 0 saturated heterocycles. The fraction of sp³-hybridized carbons (Fsp3) is 0.500. The molecule has 0 aromatic heterocycles. The van der Waals surface area contributed by atoms with Crippen LogP contribution in [0.1, 0.15) is 33.6 Å². The van der Waals surface area contributed by atoms with Gasteiger partial charge in [0, 0.05) is 12.1 Å².